The van der Waals surface area contributed by atoms with E-state index in [0.29, 0.717) is 12.1 Å². The van der Waals surface area contributed by atoms with Crippen molar-refractivity contribution in [2.45, 2.75) is 32.2 Å². The predicted molar refractivity (Wildman–Crippen MR) is 72.5 cm³/mol. The number of pyridine rings is 1. The van der Waals surface area contributed by atoms with Gasteiger partial charge in [0.15, 0.2) is 9.84 Å². The zero-order valence-electron chi connectivity index (χ0n) is 11.1. The second kappa shape index (κ2) is 4.92. The highest BCUT2D eigenvalue weighted by atomic mass is 32.2. The molecule has 6 heteroatoms. The molecule has 0 aliphatic carbocycles. The third-order valence-electron chi connectivity index (χ3n) is 3.26. The highest BCUT2D eigenvalue weighted by Gasteiger charge is 2.39. The quantitative estimate of drug-likeness (QED) is 0.882. The van der Waals surface area contributed by atoms with Crippen LogP contribution in [0.1, 0.15) is 24.6 Å². The number of amides is 1. The van der Waals surface area contributed by atoms with Crippen molar-refractivity contribution < 1.29 is 13.2 Å². The molecule has 1 aliphatic rings. The summed E-state index contributed by atoms with van der Waals surface area (Å²) in [5.74, 6) is -0.0166. The summed E-state index contributed by atoms with van der Waals surface area (Å²) in [5.41, 5.74) is 1.11. The number of nitrogens with zero attached hydrogens (tertiary/aromatic N) is 1. The highest BCUT2D eigenvalue weighted by molar-refractivity contribution is 7.91. The fraction of sp³-hybridized carbons (Fsp3) is 0.538. The van der Waals surface area contributed by atoms with Crippen LogP contribution < -0.4 is 5.32 Å². The Morgan fingerprint density at radius 3 is 2.84 bits per heavy atom. The molecule has 1 atom stereocenters. The lowest BCUT2D eigenvalue weighted by atomic mass is 10.0. The molecule has 19 heavy (non-hydrogen) atoms. The summed E-state index contributed by atoms with van der Waals surface area (Å²) < 4.78 is 22.9. The zero-order valence-corrected chi connectivity index (χ0v) is 12.0. The van der Waals surface area contributed by atoms with Crippen LogP contribution in [-0.2, 0) is 21.1 Å². The van der Waals surface area contributed by atoms with Crippen LogP contribution in [0.5, 0.6) is 0 Å². The molecule has 2 rings (SSSR count). The zero-order chi connectivity index (χ0) is 14.1. The fourth-order valence-electron chi connectivity index (χ4n) is 2.35. The van der Waals surface area contributed by atoms with E-state index in [2.05, 4.69) is 10.3 Å². The van der Waals surface area contributed by atoms with Crippen LogP contribution >= 0.6 is 0 Å². The summed E-state index contributed by atoms with van der Waals surface area (Å²) in [5, 5.41) is 2.82. The second-order valence-electron chi connectivity index (χ2n) is 5.45. The summed E-state index contributed by atoms with van der Waals surface area (Å²) in [6, 6.07) is 3.72. The van der Waals surface area contributed by atoms with E-state index in [-0.39, 0.29) is 23.8 Å². The minimum Gasteiger partial charge on any atom is -0.350 e. The topological polar surface area (TPSA) is 76.1 Å². The maximum Gasteiger partial charge on any atom is 0.226 e. The Bertz CT molecular complexity index is 598. The van der Waals surface area contributed by atoms with Gasteiger partial charge < -0.3 is 5.32 Å². The number of rotatable bonds is 3. The molecule has 1 saturated heterocycles. The lowest BCUT2D eigenvalue weighted by Gasteiger charge is -2.23. The van der Waals surface area contributed by atoms with E-state index in [9.17, 15) is 13.2 Å². The Morgan fingerprint density at radius 2 is 2.26 bits per heavy atom. The molecular weight excluding hydrogens is 264 g/mol. The van der Waals surface area contributed by atoms with E-state index in [1.54, 1.807) is 13.1 Å². The van der Waals surface area contributed by atoms with Gasteiger partial charge in [0.1, 0.15) is 0 Å². The van der Waals surface area contributed by atoms with E-state index in [1.807, 2.05) is 19.1 Å². The summed E-state index contributed by atoms with van der Waals surface area (Å²) in [7, 11) is -3.01. The van der Waals surface area contributed by atoms with E-state index in [0.717, 1.165) is 5.56 Å². The molecule has 1 fully saturated rings. The number of carbonyl (C=O) groups excluding carboxylic acids is 1. The molecule has 0 saturated carbocycles. The van der Waals surface area contributed by atoms with Gasteiger partial charge in [0.05, 0.1) is 23.5 Å². The number of aromatic nitrogens is 1. The van der Waals surface area contributed by atoms with E-state index < -0.39 is 15.4 Å². The SMILES string of the molecule is Cc1ccnc(CC(=O)NC2(C)CCS(=O)(=O)C2)c1. The Kier molecular flexibility index (Phi) is 3.62. The van der Waals surface area contributed by atoms with E-state index >= 15 is 0 Å². The van der Waals surface area contributed by atoms with Gasteiger partial charge in [-0.05, 0) is 38.0 Å². The highest BCUT2D eigenvalue weighted by Crippen LogP contribution is 2.22. The molecule has 2 heterocycles. The average Bonchev–Trinajstić information content (AvgIpc) is 2.52. The molecule has 0 radical (unpaired) electrons. The number of nitrogens with one attached hydrogen (secondary N) is 1. The Labute approximate surface area is 113 Å². The van der Waals surface area contributed by atoms with Crippen molar-refractivity contribution in [1.29, 1.82) is 0 Å². The van der Waals surface area contributed by atoms with Gasteiger partial charge in [-0.3, -0.25) is 9.78 Å². The molecule has 104 valence electrons. The van der Waals surface area contributed by atoms with Gasteiger partial charge in [0.25, 0.3) is 0 Å². The van der Waals surface area contributed by atoms with Crippen molar-refractivity contribution in [2.75, 3.05) is 11.5 Å². The number of sulfone groups is 1. The van der Waals surface area contributed by atoms with Crippen molar-refractivity contribution in [3.63, 3.8) is 0 Å². The van der Waals surface area contributed by atoms with Gasteiger partial charge >= 0.3 is 0 Å². The van der Waals surface area contributed by atoms with Gasteiger partial charge in [-0.2, -0.15) is 0 Å². The van der Waals surface area contributed by atoms with Crippen LogP contribution in [0.2, 0.25) is 0 Å². The molecule has 1 N–H and O–H groups in total. The first-order chi connectivity index (χ1) is 8.78. The third kappa shape index (κ3) is 3.76. The smallest absolute Gasteiger partial charge is 0.226 e. The molecule has 0 spiro atoms. The van der Waals surface area contributed by atoms with E-state index in [1.165, 1.54) is 0 Å². The van der Waals surface area contributed by atoms with Gasteiger partial charge in [-0.1, -0.05) is 0 Å². The van der Waals surface area contributed by atoms with Crippen molar-refractivity contribution in [3.05, 3.63) is 29.6 Å². The molecule has 0 bridgehead atoms. The molecule has 1 unspecified atom stereocenters. The maximum atomic E-state index is 12.0. The Morgan fingerprint density at radius 1 is 1.53 bits per heavy atom. The van der Waals surface area contributed by atoms with Crippen LogP contribution in [-0.4, -0.2) is 36.4 Å². The van der Waals surface area contributed by atoms with Gasteiger partial charge in [0.2, 0.25) is 5.91 Å². The average molecular weight is 282 g/mol. The van der Waals surface area contributed by atoms with Gasteiger partial charge in [-0.15, -0.1) is 0 Å². The summed E-state index contributed by atoms with van der Waals surface area (Å²) in [4.78, 5) is 16.1. The Hall–Kier alpha value is -1.43. The minimum absolute atomic E-state index is 0.0208. The summed E-state index contributed by atoms with van der Waals surface area (Å²) in [6.45, 7) is 3.72. The predicted octanol–water partition coefficient (Wildman–Crippen LogP) is 0.626. The first-order valence-electron chi connectivity index (χ1n) is 6.21. The van der Waals surface area contributed by atoms with Crippen molar-refractivity contribution in [1.82, 2.24) is 10.3 Å². The molecular formula is C13H18N2O3S. The van der Waals surface area contributed by atoms with Crippen LogP contribution in [0.3, 0.4) is 0 Å². The van der Waals surface area contributed by atoms with Crippen LogP contribution in [0.4, 0.5) is 0 Å². The van der Waals surface area contributed by atoms with Crippen LogP contribution in [0, 0.1) is 6.92 Å². The Balaban J connectivity index is 1.99. The van der Waals surface area contributed by atoms with Crippen molar-refractivity contribution in [2.24, 2.45) is 0 Å². The van der Waals surface area contributed by atoms with Crippen molar-refractivity contribution in [3.8, 4) is 0 Å². The molecule has 5 nitrogen and oxygen atoms in total. The maximum absolute atomic E-state index is 12.0. The summed E-state index contributed by atoms with van der Waals surface area (Å²) >= 11 is 0. The summed E-state index contributed by atoms with van der Waals surface area (Å²) in [6.07, 6.45) is 2.32. The monoisotopic (exact) mass is 282 g/mol. The second-order valence-corrected chi connectivity index (χ2v) is 7.64. The fourth-order valence-corrected chi connectivity index (χ4v) is 4.44. The van der Waals surface area contributed by atoms with Gasteiger partial charge in [0, 0.05) is 11.9 Å². The van der Waals surface area contributed by atoms with Gasteiger partial charge in [-0.25, -0.2) is 8.42 Å². The molecule has 1 aliphatic heterocycles. The third-order valence-corrected chi connectivity index (χ3v) is 5.16. The molecule has 1 aromatic heterocycles. The van der Waals surface area contributed by atoms with E-state index in [4.69, 9.17) is 0 Å². The first-order valence-corrected chi connectivity index (χ1v) is 8.03. The first kappa shape index (κ1) is 14.0. The largest absolute Gasteiger partial charge is 0.350 e. The molecule has 1 amide bonds. The molecule has 1 aromatic rings. The number of hydrogen-bond donors (Lipinski definition) is 1. The van der Waals surface area contributed by atoms with Crippen molar-refractivity contribution >= 4 is 15.7 Å². The number of hydrogen-bond acceptors (Lipinski definition) is 4. The lowest BCUT2D eigenvalue weighted by Crippen LogP contribution is -2.47. The molecule has 0 aromatic carbocycles. The van der Waals surface area contributed by atoms with Crippen LogP contribution in [0.25, 0.3) is 0 Å². The lowest BCUT2D eigenvalue weighted by molar-refractivity contribution is -0.122. The van der Waals surface area contributed by atoms with Crippen LogP contribution in [0.15, 0.2) is 18.3 Å². The minimum atomic E-state index is -3.01. The number of carbonyl (C=O) groups is 1. The normalized spacial score (nSPS) is 25.2. The number of aryl methyl sites for hydroxylation is 1. The standard InChI is InChI=1S/C13H18N2O3S/c1-10-3-5-14-11(7-10)8-12(16)15-13(2)4-6-19(17,18)9-13/h3,5,7H,4,6,8-9H2,1-2H3,(H,15,16).